The lowest BCUT2D eigenvalue weighted by molar-refractivity contribution is 0.852. The minimum Gasteiger partial charge on any atom is -0.370 e. The number of nitrogens with one attached hydrogen (secondary N) is 1. The van der Waals surface area contributed by atoms with Crippen LogP contribution in [0.25, 0.3) is 11.3 Å². The normalized spacial score (nSPS) is 11.5. The van der Waals surface area contributed by atoms with Crippen molar-refractivity contribution in [1.29, 1.82) is 0 Å². The number of aryl methyl sites for hydroxylation is 1. The Kier molecular flexibility index (Phi) is 5.72. The number of nitrogens with two attached hydrogens (primary N) is 1. The number of rotatable bonds is 6. The standard InChI is InChI=1S/C17H22N4S/c1-12(2)10-20-17(18)19-9-8-14-4-6-15(7-5-14)16-11-22-13(3)21-16/h4-7,11H,1,8-10H2,2-3H3,(H3,18,19,20). The van der Waals surface area contributed by atoms with Crippen LogP contribution in [0.4, 0.5) is 0 Å². The first-order chi connectivity index (χ1) is 10.5. The molecule has 0 fully saturated rings. The molecule has 0 amide bonds. The molecule has 0 spiro atoms. The summed E-state index contributed by atoms with van der Waals surface area (Å²) in [4.78, 5) is 8.69. The van der Waals surface area contributed by atoms with E-state index in [2.05, 4.69) is 51.5 Å². The number of aliphatic imine (C=N–C) groups is 1. The summed E-state index contributed by atoms with van der Waals surface area (Å²) in [6.07, 6.45) is 0.902. The number of nitrogens with zero attached hydrogens (tertiary/aromatic N) is 2. The second kappa shape index (κ2) is 7.75. The maximum atomic E-state index is 5.78. The molecule has 1 aromatic carbocycles. The number of thiazole rings is 1. The van der Waals surface area contributed by atoms with Crippen molar-refractivity contribution in [3.05, 3.63) is 52.4 Å². The summed E-state index contributed by atoms with van der Waals surface area (Å²) in [5, 5.41) is 6.29. The van der Waals surface area contributed by atoms with E-state index < -0.39 is 0 Å². The third-order valence-corrected chi connectivity index (χ3v) is 3.88. The number of benzene rings is 1. The van der Waals surface area contributed by atoms with Crippen LogP contribution in [0, 0.1) is 6.92 Å². The predicted octanol–water partition coefficient (Wildman–Crippen LogP) is 3.14. The average Bonchev–Trinajstić information content (AvgIpc) is 2.92. The first kappa shape index (κ1) is 16.2. The Morgan fingerprint density at radius 2 is 2.09 bits per heavy atom. The van der Waals surface area contributed by atoms with Gasteiger partial charge in [-0.15, -0.1) is 11.3 Å². The maximum absolute atomic E-state index is 5.78. The monoisotopic (exact) mass is 314 g/mol. The second-order valence-corrected chi connectivity index (χ2v) is 6.35. The van der Waals surface area contributed by atoms with Gasteiger partial charge in [-0.1, -0.05) is 36.4 Å². The van der Waals surface area contributed by atoms with Gasteiger partial charge in [0.2, 0.25) is 0 Å². The molecule has 4 nitrogen and oxygen atoms in total. The van der Waals surface area contributed by atoms with Gasteiger partial charge in [-0.25, -0.2) is 9.98 Å². The predicted molar refractivity (Wildman–Crippen MR) is 95.3 cm³/mol. The number of aromatic nitrogens is 1. The molecule has 1 aromatic heterocycles. The topological polar surface area (TPSA) is 63.3 Å². The van der Waals surface area contributed by atoms with Crippen LogP contribution in [-0.2, 0) is 6.42 Å². The Morgan fingerprint density at radius 1 is 1.36 bits per heavy atom. The molecule has 0 radical (unpaired) electrons. The Hall–Kier alpha value is -2.14. The fourth-order valence-corrected chi connectivity index (χ4v) is 2.57. The van der Waals surface area contributed by atoms with Gasteiger partial charge in [0.05, 0.1) is 17.2 Å². The largest absolute Gasteiger partial charge is 0.370 e. The van der Waals surface area contributed by atoms with E-state index in [0.717, 1.165) is 34.8 Å². The Morgan fingerprint density at radius 3 is 2.68 bits per heavy atom. The van der Waals surface area contributed by atoms with Gasteiger partial charge < -0.3 is 11.1 Å². The smallest absolute Gasteiger partial charge is 0.188 e. The van der Waals surface area contributed by atoms with Gasteiger partial charge in [-0.3, -0.25) is 0 Å². The van der Waals surface area contributed by atoms with E-state index in [0.29, 0.717) is 12.5 Å². The third-order valence-electron chi connectivity index (χ3n) is 3.11. The molecule has 0 unspecified atom stereocenters. The lowest BCUT2D eigenvalue weighted by atomic mass is 10.1. The van der Waals surface area contributed by atoms with Gasteiger partial charge in [0.25, 0.3) is 0 Å². The zero-order chi connectivity index (χ0) is 15.9. The Labute approximate surface area is 135 Å². The molecular formula is C17H22N4S. The molecule has 116 valence electrons. The molecule has 0 aliphatic carbocycles. The summed E-state index contributed by atoms with van der Waals surface area (Å²) < 4.78 is 0. The van der Waals surface area contributed by atoms with Gasteiger partial charge in [-0.05, 0) is 25.8 Å². The lowest BCUT2D eigenvalue weighted by Crippen LogP contribution is -2.33. The van der Waals surface area contributed by atoms with Crippen LogP contribution in [0.5, 0.6) is 0 Å². The number of guanidine groups is 1. The highest BCUT2D eigenvalue weighted by Gasteiger charge is 2.02. The van der Waals surface area contributed by atoms with Crippen LogP contribution in [-0.4, -0.2) is 24.0 Å². The van der Waals surface area contributed by atoms with Gasteiger partial charge in [-0.2, -0.15) is 0 Å². The maximum Gasteiger partial charge on any atom is 0.188 e. The first-order valence-electron chi connectivity index (χ1n) is 7.24. The summed E-state index contributed by atoms with van der Waals surface area (Å²) in [6.45, 7) is 9.08. The molecular weight excluding hydrogens is 292 g/mol. The van der Waals surface area contributed by atoms with E-state index in [4.69, 9.17) is 5.73 Å². The van der Waals surface area contributed by atoms with Gasteiger partial charge in [0.15, 0.2) is 5.96 Å². The summed E-state index contributed by atoms with van der Waals surface area (Å²) in [7, 11) is 0. The number of hydrogen-bond acceptors (Lipinski definition) is 3. The molecule has 1 heterocycles. The molecule has 22 heavy (non-hydrogen) atoms. The minimum atomic E-state index is 0.470. The van der Waals surface area contributed by atoms with E-state index >= 15 is 0 Å². The summed E-state index contributed by atoms with van der Waals surface area (Å²) in [6, 6.07) is 8.49. The third kappa shape index (κ3) is 5.00. The summed E-state index contributed by atoms with van der Waals surface area (Å²) in [5.74, 6) is 0.470. The van der Waals surface area contributed by atoms with E-state index in [-0.39, 0.29) is 0 Å². The van der Waals surface area contributed by atoms with Crippen LogP contribution < -0.4 is 11.1 Å². The van der Waals surface area contributed by atoms with Gasteiger partial charge in [0.1, 0.15) is 0 Å². The molecule has 0 aliphatic heterocycles. The molecule has 0 bridgehead atoms. The second-order valence-electron chi connectivity index (χ2n) is 5.28. The fourth-order valence-electron chi connectivity index (χ4n) is 1.95. The van der Waals surface area contributed by atoms with Crippen LogP contribution in [0.1, 0.15) is 17.5 Å². The first-order valence-corrected chi connectivity index (χ1v) is 8.12. The van der Waals surface area contributed by atoms with Crippen molar-refractivity contribution >= 4 is 17.3 Å². The molecule has 0 aliphatic rings. The minimum absolute atomic E-state index is 0.470. The van der Waals surface area contributed by atoms with Crippen LogP contribution >= 0.6 is 11.3 Å². The molecule has 2 aromatic rings. The highest BCUT2D eigenvalue weighted by Crippen LogP contribution is 2.21. The zero-order valence-corrected chi connectivity index (χ0v) is 13.9. The molecule has 0 atom stereocenters. The summed E-state index contributed by atoms with van der Waals surface area (Å²) >= 11 is 1.67. The van der Waals surface area contributed by atoms with Crippen LogP contribution in [0.3, 0.4) is 0 Å². The van der Waals surface area contributed by atoms with Crippen molar-refractivity contribution in [2.45, 2.75) is 20.3 Å². The van der Waals surface area contributed by atoms with Gasteiger partial charge >= 0.3 is 0 Å². The molecule has 0 saturated heterocycles. The van der Waals surface area contributed by atoms with E-state index in [9.17, 15) is 0 Å². The van der Waals surface area contributed by atoms with Crippen molar-refractivity contribution in [2.24, 2.45) is 10.7 Å². The molecule has 0 saturated carbocycles. The van der Waals surface area contributed by atoms with Crippen molar-refractivity contribution < 1.29 is 0 Å². The highest BCUT2D eigenvalue weighted by molar-refractivity contribution is 7.09. The fraction of sp³-hybridized carbons (Fsp3) is 0.294. The summed E-state index contributed by atoms with van der Waals surface area (Å²) in [5.41, 5.74) is 10.2. The molecule has 5 heteroatoms. The van der Waals surface area contributed by atoms with Crippen LogP contribution in [0.2, 0.25) is 0 Å². The molecule has 2 rings (SSSR count). The molecule has 3 N–H and O–H groups in total. The Balaban J connectivity index is 1.84. The van der Waals surface area contributed by atoms with Crippen molar-refractivity contribution in [1.82, 2.24) is 10.3 Å². The van der Waals surface area contributed by atoms with Crippen molar-refractivity contribution in [3.8, 4) is 11.3 Å². The van der Waals surface area contributed by atoms with Crippen molar-refractivity contribution in [2.75, 3.05) is 13.1 Å². The quantitative estimate of drug-likeness (QED) is 0.489. The van der Waals surface area contributed by atoms with E-state index in [1.54, 1.807) is 11.3 Å². The SMILES string of the molecule is C=C(C)CN=C(N)NCCc1ccc(-c2csc(C)n2)cc1. The van der Waals surface area contributed by atoms with E-state index in [1.807, 2.05) is 13.8 Å². The highest BCUT2D eigenvalue weighted by atomic mass is 32.1. The Bertz CT molecular complexity index is 656. The lowest BCUT2D eigenvalue weighted by Gasteiger charge is -2.06. The number of hydrogen-bond donors (Lipinski definition) is 2. The van der Waals surface area contributed by atoms with Crippen LogP contribution in [0.15, 0.2) is 46.8 Å². The van der Waals surface area contributed by atoms with E-state index in [1.165, 1.54) is 5.56 Å². The zero-order valence-electron chi connectivity index (χ0n) is 13.1. The average molecular weight is 314 g/mol. The van der Waals surface area contributed by atoms with Gasteiger partial charge in [0, 0.05) is 17.5 Å². The van der Waals surface area contributed by atoms with Crippen molar-refractivity contribution in [3.63, 3.8) is 0 Å².